The van der Waals surface area contributed by atoms with Gasteiger partial charge in [-0.1, -0.05) is 121 Å². The minimum atomic E-state index is -0.173. The summed E-state index contributed by atoms with van der Waals surface area (Å²) in [5, 5.41) is 7.77. The molecular weight excluding hydrogens is 568 g/mol. The van der Waals surface area contributed by atoms with Gasteiger partial charge in [-0.25, -0.2) is 9.97 Å². The number of hydrogen-bond acceptors (Lipinski definition) is 4. The standard InChI is InChI=1S/C40H30N4O2/c45-39(33-23-37(29-14-3-1-4-15-29)43-35-20-9-7-18-31(33)35)41-25-27-12-11-13-28(22-27)26-42-40(46)34-24-38(30-16-5-2-6-17-30)44-36-21-10-8-19-32(34)36/h1-24H,25-26H2,(H,41,45)(H,42,46). The smallest absolute Gasteiger partial charge is 0.252 e. The first-order chi connectivity index (χ1) is 22.6. The molecule has 0 atom stereocenters. The fourth-order valence-electron chi connectivity index (χ4n) is 5.64. The lowest BCUT2D eigenvalue weighted by atomic mass is 10.0. The van der Waals surface area contributed by atoms with Crippen LogP contribution in [-0.4, -0.2) is 21.8 Å². The topological polar surface area (TPSA) is 84.0 Å². The number of amides is 2. The van der Waals surface area contributed by atoms with Crippen LogP contribution in [0.1, 0.15) is 31.8 Å². The summed E-state index contributed by atoms with van der Waals surface area (Å²) in [6.07, 6.45) is 0. The number of carbonyl (C=O) groups excluding carboxylic acids is 2. The van der Waals surface area contributed by atoms with Crippen molar-refractivity contribution >= 4 is 33.6 Å². The summed E-state index contributed by atoms with van der Waals surface area (Å²) in [7, 11) is 0. The molecule has 0 bridgehead atoms. The maximum absolute atomic E-state index is 13.5. The van der Waals surface area contributed by atoms with Gasteiger partial charge in [0.05, 0.1) is 33.5 Å². The van der Waals surface area contributed by atoms with Crippen LogP contribution in [0.25, 0.3) is 44.3 Å². The zero-order valence-corrected chi connectivity index (χ0v) is 25.0. The molecule has 0 saturated carbocycles. The van der Waals surface area contributed by atoms with Gasteiger partial charge in [-0.05, 0) is 35.4 Å². The maximum atomic E-state index is 13.5. The van der Waals surface area contributed by atoms with Gasteiger partial charge in [0.2, 0.25) is 0 Å². The van der Waals surface area contributed by atoms with E-state index < -0.39 is 0 Å². The van der Waals surface area contributed by atoms with E-state index in [1.54, 1.807) is 0 Å². The molecule has 6 nitrogen and oxygen atoms in total. The number of aromatic nitrogens is 2. The van der Waals surface area contributed by atoms with Crippen molar-refractivity contribution in [1.82, 2.24) is 20.6 Å². The molecule has 0 radical (unpaired) electrons. The lowest BCUT2D eigenvalue weighted by Gasteiger charge is -2.12. The first-order valence-corrected chi connectivity index (χ1v) is 15.2. The van der Waals surface area contributed by atoms with E-state index in [2.05, 4.69) is 10.6 Å². The van der Waals surface area contributed by atoms with Crippen molar-refractivity contribution < 1.29 is 9.59 Å². The van der Waals surface area contributed by atoms with Crippen LogP contribution in [0.4, 0.5) is 0 Å². The Bertz CT molecular complexity index is 2040. The monoisotopic (exact) mass is 598 g/mol. The zero-order valence-electron chi connectivity index (χ0n) is 25.0. The predicted octanol–water partition coefficient (Wildman–Crippen LogP) is 7.98. The van der Waals surface area contributed by atoms with Gasteiger partial charge in [-0.2, -0.15) is 0 Å². The summed E-state index contributed by atoms with van der Waals surface area (Å²) in [5.74, 6) is -0.346. The second-order valence-electron chi connectivity index (χ2n) is 11.1. The molecule has 222 valence electrons. The van der Waals surface area contributed by atoms with Crippen molar-refractivity contribution in [2.45, 2.75) is 13.1 Å². The van der Waals surface area contributed by atoms with Crippen molar-refractivity contribution in [3.05, 3.63) is 168 Å². The minimum absolute atomic E-state index is 0.173. The number of para-hydroxylation sites is 2. The first-order valence-electron chi connectivity index (χ1n) is 15.2. The highest BCUT2D eigenvalue weighted by Crippen LogP contribution is 2.26. The Morgan fingerprint density at radius 1 is 0.457 bits per heavy atom. The van der Waals surface area contributed by atoms with Gasteiger partial charge in [0.1, 0.15) is 0 Å². The third kappa shape index (κ3) is 6.10. The number of pyridine rings is 2. The van der Waals surface area contributed by atoms with E-state index in [1.165, 1.54) is 0 Å². The normalized spacial score (nSPS) is 11.0. The number of fused-ring (bicyclic) bond motifs is 2. The van der Waals surface area contributed by atoms with E-state index in [4.69, 9.17) is 9.97 Å². The number of hydrogen-bond donors (Lipinski definition) is 2. The van der Waals surface area contributed by atoms with Crippen LogP contribution in [0.3, 0.4) is 0 Å². The molecule has 0 aliphatic rings. The van der Waals surface area contributed by atoms with E-state index >= 15 is 0 Å². The Balaban J connectivity index is 1.07. The number of benzene rings is 5. The molecule has 2 aromatic heterocycles. The van der Waals surface area contributed by atoms with Gasteiger partial charge in [0.25, 0.3) is 11.8 Å². The summed E-state index contributed by atoms with van der Waals surface area (Å²) < 4.78 is 0. The largest absolute Gasteiger partial charge is 0.348 e. The third-order valence-electron chi connectivity index (χ3n) is 7.96. The summed E-state index contributed by atoms with van der Waals surface area (Å²) >= 11 is 0. The highest BCUT2D eigenvalue weighted by molar-refractivity contribution is 6.08. The molecule has 2 N–H and O–H groups in total. The molecule has 2 heterocycles. The van der Waals surface area contributed by atoms with Gasteiger partial charge in [-0.3, -0.25) is 9.59 Å². The summed E-state index contributed by atoms with van der Waals surface area (Å²) in [5.41, 5.74) is 7.96. The van der Waals surface area contributed by atoms with Crippen molar-refractivity contribution in [2.75, 3.05) is 0 Å². The number of nitrogens with one attached hydrogen (secondary N) is 2. The fourth-order valence-corrected chi connectivity index (χ4v) is 5.64. The van der Waals surface area contributed by atoms with Gasteiger partial charge in [-0.15, -0.1) is 0 Å². The van der Waals surface area contributed by atoms with Gasteiger partial charge >= 0.3 is 0 Å². The van der Waals surface area contributed by atoms with Crippen LogP contribution in [-0.2, 0) is 13.1 Å². The van der Waals surface area contributed by atoms with Crippen LogP contribution in [0, 0.1) is 0 Å². The van der Waals surface area contributed by atoms with Gasteiger partial charge < -0.3 is 10.6 Å². The minimum Gasteiger partial charge on any atom is -0.348 e. The molecule has 2 amide bonds. The van der Waals surface area contributed by atoms with Crippen LogP contribution < -0.4 is 10.6 Å². The third-order valence-corrected chi connectivity index (χ3v) is 7.96. The Labute approximate surface area is 266 Å². The lowest BCUT2D eigenvalue weighted by Crippen LogP contribution is -2.24. The second-order valence-corrected chi connectivity index (χ2v) is 11.1. The molecule has 5 aromatic carbocycles. The van der Waals surface area contributed by atoms with E-state index in [0.29, 0.717) is 24.2 Å². The van der Waals surface area contributed by atoms with Crippen molar-refractivity contribution in [1.29, 1.82) is 0 Å². The van der Waals surface area contributed by atoms with Crippen LogP contribution in [0.2, 0.25) is 0 Å². The maximum Gasteiger partial charge on any atom is 0.252 e. The molecule has 0 spiro atoms. The fraction of sp³-hybridized carbons (Fsp3) is 0.0500. The molecule has 7 rings (SSSR count). The van der Waals surface area contributed by atoms with Gasteiger partial charge in [0.15, 0.2) is 0 Å². The van der Waals surface area contributed by atoms with Crippen molar-refractivity contribution in [3.63, 3.8) is 0 Å². The molecule has 7 aromatic rings. The Morgan fingerprint density at radius 3 is 1.33 bits per heavy atom. The highest BCUT2D eigenvalue weighted by atomic mass is 16.2. The molecule has 0 saturated heterocycles. The second kappa shape index (κ2) is 12.8. The number of rotatable bonds is 8. The molecule has 0 aliphatic carbocycles. The molecule has 0 aliphatic heterocycles. The molecule has 46 heavy (non-hydrogen) atoms. The van der Waals surface area contributed by atoms with Crippen LogP contribution in [0.15, 0.2) is 146 Å². The average Bonchev–Trinajstić information content (AvgIpc) is 3.12. The molecule has 6 heteroatoms. The molecule has 0 unspecified atom stereocenters. The quantitative estimate of drug-likeness (QED) is 0.186. The molecule has 0 fully saturated rings. The van der Waals surface area contributed by atoms with Gasteiger partial charge in [0, 0.05) is 35.0 Å². The predicted molar refractivity (Wildman–Crippen MR) is 183 cm³/mol. The Morgan fingerprint density at radius 2 is 0.870 bits per heavy atom. The van der Waals surface area contributed by atoms with E-state index in [0.717, 1.165) is 55.4 Å². The average molecular weight is 599 g/mol. The highest BCUT2D eigenvalue weighted by Gasteiger charge is 2.16. The van der Waals surface area contributed by atoms with E-state index in [-0.39, 0.29) is 11.8 Å². The van der Waals surface area contributed by atoms with Crippen LogP contribution in [0.5, 0.6) is 0 Å². The summed E-state index contributed by atoms with van der Waals surface area (Å²) in [6, 6.07) is 46.7. The number of carbonyl (C=O) groups is 2. The van der Waals surface area contributed by atoms with Crippen molar-refractivity contribution in [3.8, 4) is 22.5 Å². The van der Waals surface area contributed by atoms with E-state index in [9.17, 15) is 9.59 Å². The Kier molecular flexibility index (Phi) is 7.99. The SMILES string of the molecule is O=C(NCc1cccc(CNC(=O)c2cc(-c3ccccc3)nc3ccccc23)c1)c1cc(-c2ccccc2)nc2ccccc12. The van der Waals surface area contributed by atoms with Crippen LogP contribution >= 0.6 is 0 Å². The molecular formula is C40H30N4O2. The zero-order chi connectivity index (χ0) is 31.3. The summed E-state index contributed by atoms with van der Waals surface area (Å²) in [4.78, 5) is 36.6. The van der Waals surface area contributed by atoms with E-state index in [1.807, 2.05) is 146 Å². The van der Waals surface area contributed by atoms with Crippen molar-refractivity contribution in [2.24, 2.45) is 0 Å². The summed E-state index contributed by atoms with van der Waals surface area (Å²) in [6.45, 7) is 0.681. The number of nitrogens with zero attached hydrogens (tertiary/aromatic N) is 2. The first kappa shape index (κ1) is 28.6. The Hall–Kier alpha value is -6.14. The lowest BCUT2D eigenvalue weighted by molar-refractivity contribution is 0.0945.